The number of hydrogen-bond donors (Lipinski definition) is 2. The molecule has 2 aromatic carbocycles. The summed E-state index contributed by atoms with van der Waals surface area (Å²) in [4.78, 5) is 15.2. The number of carbonyl (C=O) groups excluding carboxylic acids is 1. The Hall–Kier alpha value is -3.16. The second-order valence-electron chi connectivity index (χ2n) is 8.10. The molecule has 168 valence electrons. The van der Waals surface area contributed by atoms with Crippen molar-refractivity contribution >= 4 is 6.03 Å². The van der Waals surface area contributed by atoms with Gasteiger partial charge in [-0.15, -0.1) is 0 Å². The molecule has 1 unspecified atom stereocenters. The van der Waals surface area contributed by atoms with Crippen LogP contribution in [0.2, 0.25) is 0 Å². The maximum Gasteiger partial charge on any atom is 0.315 e. The Labute approximate surface area is 189 Å². The van der Waals surface area contributed by atoms with E-state index < -0.39 is 0 Å². The van der Waals surface area contributed by atoms with Crippen molar-refractivity contribution in [3.05, 3.63) is 83.2 Å². The Balaban J connectivity index is 1.42. The number of urea groups is 1. The minimum atomic E-state index is -0.182. The lowest BCUT2D eigenvalue weighted by Crippen LogP contribution is -2.45. The van der Waals surface area contributed by atoms with Gasteiger partial charge >= 0.3 is 6.03 Å². The molecule has 0 aliphatic carbocycles. The van der Waals surface area contributed by atoms with Gasteiger partial charge < -0.3 is 15.4 Å². The molecule has 0 radical (unpaired) electrons. The van der Waals surface area contributed by atoms with E-state index in [1.54, 1.807) is 0 Å². The SMILES string of the molecule is Cc1nn(-c2ccccc2)c(C)c1CNC(=O)NC(CN1CCOCC1)c1ccccc1. The van der Waals surface area contributed by atoms with Crippen molar-refractivity contribution in [1.82, 2.24) is 25.3 Å². The lowest BCUT2D eigenvalue weighted by Gasteiger charge is -2.31. The molecule has 3 aromatic rings. The van der Waals surface area contributed by atoms with Crippen LogP contribution in [-0.4, -0.2) is 53.6 Å². The van der Waals surface area contributed by atoms with E-state index in [0.29, 0.717) is 6.54 Å². The first-order valence-electron chi connectivity index (χ1n) is 11.1. The van der Waals surface area contributed by atoms with Gasteiger partial charge in [-0.3, -0.25) is 4.90 Å². The van der Waals surface area contributed by atoms with Gasteiger partial charge in [0, 0.05) is 37.4 Å². The fourth-order valence-corrected chi connectivity index (χ4v) is 4.09. The zero-order valence-corrected chi connectivity index (χ0v) is 18.8. The molecule has 1 aliphatic rings. The molecule has 2 heterocycles. The highest BCUT2D eigenvalue weighted by Crippen LogP contribution is 2.18. The molecule has 7 nitrogen and oxygen atoms in total. The number of para-hydroxylation sites is 1. The number of nitrogens with zero attached hydrogens (tertiary/aromatic N) is 3. The molecule has 1 saturated heterocycles. The highest BCUT2D eigenvalue weighted by molar-refractivity contribution is 5.74. The first kappa shape index (κ1) is 22.0. The fraction of sp³-hybridized carbons (Fsp3) is 0.360. The van der Waals surface area contributed by atoms with E-state index in [9.17, 15) is 4.79 Å². The molecule has 2 amide bonds. The summed E-state index contributed by atoms with van der Waals surface area (Å²) in [6.45, 7) is 8.42. The van der Waals surface area contributed by atoms with Crippen LogP contribution in [0.1, 0.15) is 28.6 Å². The van der Waals surface area contributed by atoms with Crippen molar-refractivity contribution in [2.24, 2.45) is 0 Å². The van der Waals surface area contributed by atoms with E-state index in [0.717, 1.165) is 61.1 Å². The molecule has 32 heavy (non-hydrogen) atoms. The fourth-order valence-electron chi connectivity index (χ4n) is 4.09. The topological polar surface area (TPSA) is 71.4 Å². The van der Waals surface area contributed by atoms with E-state index in [2.05, 4.69) is 32.8 Å². The van der Waals surface area contributed by atoms with E-state index in [1.807, 2.05) is 67.1 Å². The number of amides is 2. The maximum absolute atomic E-state index is 12.8. The molecule has 2 N–H and O–H groups in total. The van der Waals surface area contributed by atoms with Crippen LogP contribution in [0.5, 0.6) is 0 Å². The summed E-state index contributed by atoms with van der Waals surface area (Å²) in [5.41, 5.74) is 5.09. The number of aromatic nitrogens is 2. The van der Waals surface area contributed by atoms with Crippen LogP contribution < -0.4 is 10.6 Å². The standard InChI is InChI=1S/C25H31N5O2/c1-19-23(20(2)30(28-19)22-11-7-4-8-12-22)17-26-25(31)27-24(21-9-5-3-6-10-21)18-29-13-15-32-16-14-29/h3-12,24H,13-18H2,1-2H3,(H2,26,27,31). The predicted molar refractivity (Wildman–Crippen MR) is 125 cm³/mol. The van der Waals surface area contributed by atoms with Gasteiger partial charge in [0.2, 0.25) is 0 Å². The molecular weight excluding hydrogens is 402 g/mol. The minimum absolute atomic E-state index is 0.0939. The largest absolute Gasteiger partial charge is 0.379 e. The summed E-state index contributed by atoms with van der Waals surface area (Å²) in [7, 11) is 0. The molecule has 4 rings (SSSR count). The Morgan fingerprint density at radius 2 is 1.69 bits per heavy atom. The Bertz CT molecular complexity index is 1010. The summed E-state index contributed by atoms with van der Waals surface area (Å²) in [5, 5.41) is 10.9. The quantitative estimate of drug-likeness (QED) is 0.599. The number of morpholine rings is 1. The van der Waals surface area contributed by atoms with Crippen LogP contribution in [-0.2, 0) is 11.3 Å². The monoisotopic (exact) mass is 433 g/mol. The lowest BCUT2D eigenvalue weighted by molar-refractivity contribution is 0.0340. The summed E-state index contributed by atoms with van der Waals surface area (Å²) < 4.78 is 7.39. The minimum Gasteiger partial charge on any atom is -0.379 e. The molecule has 1 aromatic heterocycles. The third kappa shape index (κ3) is 5.36. The van der Waals surface area contributed by atoms with Crippen LogP contribution in [0, 0.1) is 13.8 Å². The molecule has 0 saturated carbocycles. The van der Waals surface area contributed by atoms with Gasteiger partial charge in [0.1, 0.15) is 0 Å². The van der Waals surface area contributed by atoms with Crippen LogP contribution in [0.15, 0.2) is 60.7 Å². The van der Waals surface area contributed by atoms with Crippen molar-refractivity contribution in [2.75, 3.05) is 32.8 Å². The van der Waals surface area contributed by atoms with Gasteiger partial charge in [0.15, 0.2) is 0 Å². The number of hydrogen-bond acceptors (Lipinski definition) is 4. The third-order valence-corrected chi connectivity index (χ3v) is 5.92. The Morgan fingerprint density at radius 1 is 1.03 bits per heavy atom. The first-order chi connectivity index (χ1) is 15.6. The van der Waals surface area contributed by atoms with Crippen molar-refractivity contribution in [3.63, 3.8) is 0 Å². The normalized spacial score (nSPS) is 15.3. The zero-order valence-electron chi connectivity index (χ0n) is 18.8. The predicted octanol–water partition coefficient (Wildman–Crippen LogP) is 3.36. The van der Waals surface area contributed by atoms with E-state index >= 15 is 0 Å². The summed E-state index contributed by atoms with van der Waals surface area (Å²) >= 11 is 0. The van der Waals surface area contributed by atoms with Crippen LogP contribution >= 0.6 is 0 Å². The second kappa shape index (κ2) is 10.4. The number of carbonyl (C=O) groups is 1. The molecule has 0 bridgehead atoms. The number of ether oxygens (including phenoxy) is 1. The summed E-state index contributed by atoms with van der Waals surface area (Å²) in [5.74, 6) is 0. The summed E-state index contributed by atoms with van der Waals surface area (Å²) in [6.07, 6.45) is 0. The molecule has 1 atom stereocenters. The number of rotatable bonds is 7. The average molecular weight is 434 g/mol. The van der Waals surface area contributed by atoms with Gasteiger partial charge in [-0.25, -0.2) is 9.48 Å². The molecule has 1 aliphatic heterocycles. The van der Waals surface area contributed by atoms with Gasteiger partial charge in [-0.2, -0.15) is 5.10 Å². The number of nitrogens with one attached hydrogen (secondary N) is 2. The van der Waals surface area contributed by atoms with Crippen molar-refractivity contribution in [2.45, 2.75) is 26.4 Å². The highest BCUT2D eigenvalue weighted by Gasteiger charge is 2.21. The molecule has 7 heteroatoms. The number of aryl methyl sites for hydroxylation is 1. The first-order valence-corrected chi connectivity index (χ1v) is 11.1. The van der Waals surface area contributed by atoms with E-state index in [4.69, 9.17) is 4.74 Å². The third-order valence-electron chi connectivity index (χ3n) is 5.92. The van der Waals surface area contributed by atoms with Crippen molar-refractivity contribution < 1.29 is 9.53 Å². The highest BCUT2D eigenvalue weighted by atomic mass is 16.5. The van der Waals surface area contributed by atoms with Crippen LogP contribution in [0.25, 0.3) is 5.69 Å². The second-order valence-corrected chi connectivity index (χ2v) is 8.10. The van der Waals surface area contributed by atoms with Crippen molar-refractivity contribution in [1.29, 1.82) is 0 Å². The van der Waals surface area contributed by atoms with Gasteiger partial charge in [-0.05, 0) is 31.5 Å². The molecular formula is C25H31N5O2. The average Bonchev–Trinajstić information content (AvgIpc) is 3.12. The number of benzene rings is 2. The van der Waals surface area contributed by atoms with Crippen LogP contribution in [0.4, 0.5) is 4.79 Å². The lowest BCUT2D eigenvalue weighted by atomic mass is 10.1. The maximum atomic E-state index is 12.8. The Kier molecular flexibility index (Phi) is 7.19. The van der Waals surface area contributed by atoms with Gasteiger partial charge in [0.25, 0.3) is 0 Å². The van der Waals surface area contributed by atoms with Gasteiger partial charge in [-0.1, -0.05) is 48.5 Å². The van der Waals surface area contributed by atoms with Gasteiger partial charge in [0.05, 0.1) is 30.6 Å². The van der Waals surface area contributed by atoms with Crippen LogP contribution in [0.3, 0.4) is 0 Å². The van der Waals surface area contributed by atoms with Crippen molar-refractivity contribution in [3.8, 4) is 5.69 Å². The molecule has 0 spiro atoms. The smallest absolute Gasteiger partial charge is 0.315 e. The van der Waals surface area contributed by atoms with E-state index in [1.165, 1.54) is 0 Å². The summed E-state index contributed by atoms with van der Waals surface area (Å²) in [6, 6.07) is 19.9. The zero-order chi connectivity index (χ0) is 22.3. The Morgan fingerprint density at radius 3 is 2.38 bits per heavy atom. The van der Waals surface area contributed by atoms with E-state index in [-0.39, 0.29) is 12.1 Å². The molecule has 1 fully saturated rings.